The maximum Gasteiger partial charge on any atom is 0.0638 e. The molecule has 0 bridgehead atoms. The number of nitrogens with one attached hydrogen (secondary N) is 1. The zero-order valence-electron chi connectivity index (χ0n) is 11.5. The normalized spacial score (nSPS) is 10.6. The van der Waals surface area contributed by atoms with Gasteiger partial charge in [-0.3, -0.25) is 4.68 Å². The smallest absolute Gasteiger partial charge is 0.0638 e. The summed E-state index contributed by atoms with van der Waals surface area (Å²) in [5.74, 6) is 0.774. The van der Waals surface area contributed by atoms with E-state index in [4.69, 9.17) is 0 Å². The molecule has 4 heteroatoms. The van der Waals surface area contributed by atoms with Gasteiger partial charge in [-0.05, 0) is 32.2 Å². The number of rotatable bonds is 7. The molecule has 0 radical (unpaired) electrons. The minimum atomic E-state index is 0. The van der Waals surface area contributed by atoms with Crippen LogP contribution in [0.1, 0.15) is 44.9 Å². The standard InChI is InChI=1S/C13H25N3.ClH/c1-5-8-16-10-13(12(4)15-16)9-14-7-6-11(2)3;/h10-11,14H,5-9H2,1-4H3;1H. The molecule has 1 aromatic heterocycles. The molecule has 0 saturated heterocycles. The van der Waals surface area contributed by atoms with Gasteiger partial charge in [-0.15, -0.1) is 12.4 Å². The molecule has 0 fully saturated rings. The fourth-order valence-electron chi connectivity index (χ4n) is 1.69. The van der Waals surface area contributed by atoms with Gasteiger partial charge in [-0.2, -0.15) is 5.10 Å². The highest BCUT2D eigenvalue weighted by molar-refractivity contribution is 5.85. The summed E-state index contributed by atoms with van der Waals surface area (Å²) in [7, 11) is 0. The fourth-order valence-corrected chi connectivity index (χ4v) is 1.69. The molecule has 0 atom stereocenters. The van der Waals surface area contributed by atoms with Gasteiger partial charge in [0.15, 0.2) is 0 Å². The van der Waals surface area contributed by atoms with E-state index in [2.05, 4.69) is 49.0 Å². The van der Waals surface area contributed by atoms with E-state index >= 15 is 0 Å². The van der Waals surface area contributed by atoms with E-state index in [1.54, 1.807) is 0 Å². The molecule has 0 unspecified atom stereocenters. The largest absolute Gasteiger partial charge is 0.313 e. The van der Waals surface area contributed by atoms with Gasteiger partial charge in [-0.25, -0.2) is 0 Å². The van der Waals surface area contributed by atoms with E-state index in [-0.39, 0.29) is 12.4 Å². The Morgan fingerprint density at radius 2 is 2.12 bits per heavy atom. The fraction of sp³-hybridized carbons (Fsp3) is 0.769. The van der Waals surface area contributed by atoms with Crippen molar-refractivity contribution in [2.45, 2.75) is 53.6 Å². The maximum absolute atomic E-state index is 4.49. The Morgan fingerprint density at radius 3 is 2.71 bits per heavy atom. The lowest BCUT2D eigenvalue weighted by molar-refractivity contribution is 0.537. The summed E-state index contributed by atoms with van der Waals surface area (Å²) in [6, 6.07) is 0. The van der Waals surface area contributed by atoms with Crippen LogP contribution in [0.3, 0.4) is 0 Å². The number of aromatic nitrogens is 2. The molecular formula is C13H26ClN3. The number of hydrogen-bond donors (Lipinski definition) is 1. The van der Waals surface area contributed by atoms with Crippen LogP contribution in [0.25, 0.3) is 0 Å². The van der Waals surface area contributed by atoms with Crippen molar-refractivity contribution in [2.24, 2.45) is 5.92 Å². The Labute approximate surface area is 111 Å². The van der Waals surface area contributed by atoms with Crippen molar-refractivity contribution >= 4 is 12.4 Å². The van der Waals surface area contributed by atoms with Crippen LogP contribution in [0.5, 0.6) is 0 Å². The molecule has 1 heterocycles. The average molecular weight is 260 g/mol. The van der Waals surface area contributed by atoms with Crippen LogP contribution in [0.4, 0.5) is 0 Å². The highest BCUT2D eigenvalue weighted by atomic mass is 35.5. The van der Waals surface area contributed by atoms with Gasteiger partial charge in [0.25, 0.3) is 0 Å². The first-order valence-corrected chi connectivity index (χ1v) is 6.37. The Morgan fingerprint density at radius 1 is 1.41 bits per heavy atom. The number of aryl methyl sites for hydroxylation is 2. The third-order valence-corrected chi connectivity index (χ3v) is 2.71. The Balaban J connectivity index is 0.00000256. The van der Waals surface area contributed by atoms with Crippen molar-refractivity contribution < 1.29 is 0 Å². The summed E-state index contributed by atoms with van der Waals surface area (Å²) in [5, 5.41) is 7.97. The number of hydrogen-bond acceptors (Lipinski definition) is 2. The molecule has 1 aromatic rings. The lowest BCUT2D eigenvalue weighted by Gasteiger charge is -2.05. The van der Waals surface area contributed by atoms with Gasteiger partial charge in [0, 0.05) is 24.8 Å². The van der Waals surface area contributed by atoms with Crippen LogP contribution < -0.4 is 5.32 Å². The predicted molar refractivity (Wildman–Crippen MR) is 75.7 cm³/mol. The van der Waals surface area contributed by atoms with Crippen LogP contribution in [0, 0.1) is 12.8 Å². The summed E-state index contributed by atoms with van der Waals surface area (Å²) in [4.78, 5) is 0. The summed E-state index contributed by atoms with van der Waals surface area (Å²) in [6.45, 7) is 11.8. The van der Waals surface area contributed by atoms with Crippen LogP contribution in [-0.4, -0.2) is 16.3 Å². The zero-order chi connectivity index (χ0) is 12.0. The van der Waals surface area contributed by atoms with E-state index in [1.807, 2.05) is 0 Å². The molecule has 0 aliphatic carbocycles. The average Bonchev–Trinajstić information content (AvgIpc) is 2.54. The van der Waals surface area contributed by atoms with Crippen molar-refractivity contribution in [1.29, 1.82) is 0 Å². The van der Waals surface area contributed by atoms with Crippen molar-refractivity contribution in [2.75, 3.05) is 6.54 Å². The summed E-state index contributed by atoms with van der Waals surface area (Å²) in [5.41, 5.74) is 2.49. The maximum atomic E-state index is 4.49. The predicted octanol–water partition coefficient (Wildman–Crippen LogP) is 3.16. The number of nitrogens with zero attached hydrogens (tertiary/aromatic N) is 2. The third-order valence-electron chi connectivity index (χ3n) is 2.71. The Hall–Kier alpha value is -0.540. The molecule has 0 aliphatic rings. The second-order valence-corrected chi connectivity index (χ2v) is 4.86. The lowest BCUT2D eigenvalue weighted by Crippen LogP contribution is -2.16. The molecular weight excluding hydrogens is 234 g/mol. The first-order chi connectivity index (χ1) is 7.63. The molecule has 1 rings (SSSR count). The second-order valence-electron chi connectivity index (χ2n) is 4.86. The molecule has 100 valence electrons. The van der Waals surface area contributed by atoms with Gasteiger partial charge in [0.05, 0.1) is 5.69 Å². The van der Waals surface area contributed by atoms with Gasteiger partial charge in [-0.1, -0.05) is 20.8 Å². The van der Waals surface area contributed by atoms with E-state index in [1.165, 1.54) is 12.0 Å². The van der Waals surface area contributed by atoms with Gasteiger partial charge < -0.3 is 5.32 Å². The first-order valence-electron chi connectivity index (χ1n) is 6.37. The molecule has 1 N–H and O–H groups in total. The topological polar surface area (TPSA) is 29.9 Å². The molecule has 17 heavy (non-hydrogen) atoms. The third kappa shape index (κ3) is 6.08. The van der Waals surface area contributed by atoms with E-state index in [0.29, 0.717) is 0 Å². The molecule has 0 saturated carbocycles. The second kappa shape index (κ2) is 8.54. The SMILES string of the molecule is CCCn1cc(CNCCC(C)C)c(C)n1.Cl. The van der Waals surface area contributed by atoms with Gasteiger partial charge in [0.1, 0.15) is 0 Å². The quantitative estimate of drug-likeness (QED) is 0.763. The Kier molecular flexibility index (Phi) is 8.26. The number of halogens is 1. The summed E-state index contributed by atoms with van der Waals surface area (Å²) in [6.07, 6.45) is 4.55. The molecule has 0 amide bonds. The minimum Gasteiger partial charge on any atom is -0.313 e. The molecule has 3 nitrogen and oxygen atoms in total. The zero-order valence-corrected chi connectivity index (χ0v) is 12.3. The van der Waals surface area contributed by atoms with E-state index in [0.717, 1.165) is 37.7 Å². The monoisotopic (exact) mass is 259 g/mol. The van der Waals surface area contributed by atoms with Crippen molar-refractivity contribution in [1.82, 2.24) is 15.1 Å². The highest BCUT2D eigenvalue weighted by Gasteiger charge is 2.03. The summed E-state index contributed by atoms with van der Waals surface area (Å²) < 4.78 is 2.05. The first kappa shape index (κ1) is 16.5. The van der Waals surface area contributed by atoms with Crippen LogP contribution in [-0.2, 0) is 13.1 Å². The highest BCUT2D eigenvalue weighted by Crippen LogP contribution is 2.06. The van der Waals surface area contributed by atoms with Crippen molar-refractivity contribution in [3.8, 4) is 0 Å². The minimum absolute atomic E-state index is 0. The van der Waals surface area contributed by atoms with Gasteiger partial charge >= 0.3 is 0 Å². The molecule has 0 aromatic carbocycles. The summed E-state index contributed by atoms with van der Waals surface area (Å²) >= 11 is 0. The van der Waals surface area contributed by atoms with Crippen molar-refractivity contribution in [3.63, 3.8) is 0 Å². The van der Waals surface area contributed by atoms with E-state index < -0.39 is 0 Å². The molecule has 0 spiro atoms. The van der Waals surface area contributed by atoms with Gasteiger partial charge in [0.2, 0.25) is 0 Å². The van der Waals surface area contributed by atoms with Crippen LogP contribution >= 0.6 is 12.4 Å². The van der Waals surface area contributed by atoms with Crippen LogP contribution in [0.2, 0.25) is 0 Å². The lowest BCUT2D eigenvalue weighted by atomic mass is 10.1. The van der Waals surface area contributed by atoms with Crippen molar-refractivity contribution in [3.05, 3.63) is 17.5 Å². The Bertz CT molecular complexity index is 308. The van der Waals surface area contributed by atoms with E-state index in [9.17, 15) is 0 Å². The molecule has 0 aliphatic heterocycles. The van der Waals surface area contributed by atoms with Crippen LogP contribution in [0.15, 0.2) is 6.20 Å².